The van der Waals surface area contributed by atoms with Gasteiger partial charge < -0.3 is 4.18 Å². The van der Waals surface area contributed by atoms with Crippen molar-refractivity contribution in [1.29, 1.82) is 0 Å². The molecule has 1 atom stereocenters. The maximum atomic E-state index is 13.1. The van der Waals surface area contributed by atoms with Crippen molar-refractivity contribution in [2.45, 2.75) is 44.7 Å². The van der Waals surface area contributed by atoms with E-state index in [-0.39, 0.29) is 29.0 Å². The van der Waals surface area contributed by atoms with Gasteiger partial charge in [0.25, 0.3) is 0 Å². The average molecular weight is 412 g/mol. The van der Waals surface area contributed by atoms with Crippen LogP contribution in [0.1, 0.15) is 32.8 Å². The van der Waals surface area contributed by atoms with Gasteiger partial charge >= 0.3 is 10.1 Å². The number of hydrogen-bond acceptors (Lipinski definition) is 5. The Morgan fingerprint density at radius 2 is 1.52 bits per heavy atom. The van der Waals surface area contributed by atoms with Crippen LogP contribution in [0.3, 0.4) is 0 Å². The summed E-state index contributed by atoms with van der Waals surface area (Å²) in [6.45, 7) is 5.49. The number of nitrogens with zero attached hydrogens (tertiary/aromatic N) is 1. The molecule has 0 radical (unpaired) electrons. The largest absolute Gasteiger partial charge is 0.382 e. The third kappa shape index (κ3) is 5.54. The lowest BCUT2D eigenvalue weighted by atomic mass is 10.2. The summed E-state index contributed by atoms with van der Waals surface area (Å²) in [4.78, 5) is 0.249. The Hall–Kier alpha value is -1.90. The molecular weight excluding hydrogens is 386 g/mol. The molecule has 2 aromatic rings. The molecule has 6 nitrogen and oxygen atoms in total. The Bertz CT molecular complexity index is 939. The topological polar surface area (TPSA) is 80.8 Å². The zero-order valence-electron chi connectivity index (χ0n) is 15.7. The quantitative estimate of drug-likeness (QED) is 0.591. The summed E-state index contributed by atoms with van der Waals surface area (Å²) in [6, 6.07) is 14.6. The van der Waals surface area contributed by atoms with E-state index in [4.69, 9.17) is 4.18 Å². The highest BCUT2D eigenvalue weighted by Crippen LogP contribution is 2.23. The Balaban J connectivity index is 2.27. The van der Waals surface area contributed by atoms with Crippen LogP contribution in [0.5, 0.6) is 5.75 Å². The molecule has 8 heteroatoms. The van der Waals surface area contributed by atoms with Gasteiger partial charge in [0.15, 0.2) is 0 Å². The molecular formula is C19H25NO5S2. The van der Waals surface area contributed by atoms with Gasteiger partial charge in [-0.1, -0.05) is 37.3 Å². The molecule has 0 N–H and O–H groups in total. The molecule has 0 heterocycles. The molecule has 27 heavy (non-hydrogen) atoms. The van der Waals surface area contributed by atoms with E-state index < -0.39 is 20.1 Å². The molecule has 0 spiro atoms. The third-order valence-corrected chi connectivity index (χ3v) is 7.40. The molecule has 2 aromatic carbocycles. The smallest absolute Gasteiger partial charge is 0.308 e. The molecule has 0 unspecified atom stereocenters. The van der Waals surface area contributed by atoms with Gasteiger partial charge in [-0.3, -0.25) is 0 Å². The summed E-state index contributed by atoms with van der Waals surface area (Å²) in [5.74, 6) is 0.0906. The van der Waals surface area contributed by atoms with E-state index >= 15 is 0 Å². The predicted octanol–water partition coefficient (Wildman–Crippen LogP) is 3.40. The summed E-state index contributed by atoms with van der Waals surface area (Å²) in [5.41, 5.74) is 0.746. The second-order valence-corrected chi connectivity index (χ2v) is 9.94. The summed E-state index contributed by atoms with van der Waals surface area (Å²) < 4.78 is 55.6. The summed E-state index contributed by atoms with van der Waals surface area (Å²) >= 11 is 0. The van der Waals surface area contributed by atoms with E-state index in [0.717, 1.165) is 5.56 Å². The summed E-state index contributed by atoms with van der Waals surface area (Å²) in [6.07, 6.45) is 0.669. The van der Waals surface area contributed by atoms with E-state index in [2.05, 4.69) is 0 Å². The van der Waals surface area contributed by atoms with Crippen LogP contribution in [0.15, 0.2) is 59.5 Å². The number of rotatable bonds is 9. The molecule has 2 rings (SSSR count). The zero-order valence-corrected chi connectivity index (χ0v) is 17.3. The number of benzene rings is 2. The molecule has 0 saturated heterocycles. The van der Waals surface area contributed by atoms with Crippen molar-refractivity contribution in [2.24, 2.45) is 0 Å². The third-order valence-electron chi connectivity index (χ3n) is 4.27. The Kier molecular flexibility index (Phi) is 7.02. The van der Waals surface area contributed by atoms with Gasteiger partial charge in [0.1, 0.15) is 5.75 Å². The van der Waals surface area contributed by atoms with Crippen LogP contribution in [0.25, 0.3) is 0 Å². The van der Waals surface area contributed by atoms with Gasteiger partial charge in [-0.25, -0.2) is 8.42 Å². The van der Waals surface area contributed by atoms with Crippen LogP contribution in [-0.4, -0.2) is 32.9 Å². The number of hydrogen-bond donors (Lipinski definition) is 0. The Morgan fingerprint density at radius 3 is 2.04 bits per heavy atom. The van der Waals surface area contributed by atoms with Crippen molar-refractivity contribution in [3.63, 3.8) is 0 Å². The van der Waals surface area contributed by atoms with E-state index in [1.807, 2.05) is 13.8 Å². The van der Waals surface area contributed by atoms with E-state index in [9.17, 15) is 16.8 Å². The maximum absolute atomic E-state index is 13.1. The van der Waals surface area contributed by atoms with Crippen molar-refractivity contribution < 1.29 is 21.0 Å². The summed E-state index contributed by atoms with van der Waals surface area (Å²) in [5, 5.41) is 0. The summed E-state index contributed by atoms with van der Waals surface area (Å²) in [7, 11) is -7.24. The lowest BCUT2D eigenvalue weighted by molar-refractivity contribution is 0.323. The molecule has 0 saturated carbocycles. The van der Waals surface area contributed by atoms with Crippen LogP contribution in [0, 0.1) is 0 Å². The SMILES string of the molecule is CC[C@@H](C)N(Cc1ccc(OS(=O)(=O)CC)cc1)S(=O)(=O)c1ccccc1. The first-order valence-electron chi connectivity index (χ1n) is 8.77. The molecule has 148 valence electrons. The fourth-order valence-corrected chi connectivity index (χ4v) is 4.68. The minimum Gasteiger partial charge on any atom is -0.382 e. The molecule has 0 aliphatic rings. The van der Waals surface area contributed by atoms with Crippen LogP contribution < -0.4 is 4.18 Å². The number of sulfonamides is 1. The monoisotopic (exact) mass is 411 g/mol. The van der Waals surface area contributed by atoms with Crippen molar-refractivity contribution in [3.05, 3.63) is 60.2 Å². The standard InChI is InChI=1S/C19H25NO5S2/c1-4-16(3)20(27(23,24)19-9-7-6-8-10-19)15-17-11-13-18(14-12-17)25-26(21,22)5-2/h6-14,16H,4-5,15H2,1-3H3/t16-/m1/s1. The highest BCUT2D eigenvalue weighted by atomic mass is 32.2. The van der Waals surface area contributed by atoms with E-state index in [1.54, 1.807) is 42.5 Å². The van der Waals surface area contributed by atoms with Gasteiger partial charge in [0.2, 0.25) is 10.0 Å². The van der Waals surface area contributed by atoms with Gasteiger partial charge in [-0.05, 0) is 50.1 Å². The van der Waals surface area contributed by atoms with Crippen molar-refractivity contribution in [2.75, 3.05) is 5.75 Å². The zero-order chi connectivity index (χ0) is 20.1. The van der Waals surface area contributed by atoms with E-state index in [1.165, 1.54) is 23.4 Å². The van der Waals surface area contributed by atoms with Crippen LogP contribution >= 0.6 is 0 Å². The van der Waals surface area contributed by atoms with Crippen molar-refractivity contribution in [1.82, 2.24) is 4.31 Å². The van der Waals surface area contributed by atoms with Crippen molar-refractivity contribution in [3.8, 4) is 5.75 Å². The van der Waals surface area contributed by atoms with Crippen LogP contribution in [0.2, 0.25) is 0 Å². The van der Waals surface area contributed by atoms with Crippen LogP contribution in [0.4, 0.5) is 0 Å². The first-order valence-corrected chi connectivity index (χ1v) is 11.8. The van der Waals surface area contributed by atoms with Gasteiger partial charge in [-0.15, -0.1) is 0 Å². The minimum atomic E-state index is -3.65. The Labute approximate surface area is 162 Å². The molecule has 0 fully saturated rings. The molecule has 0 aliphatic carbocycles. The highest BCUT2D eigenvalue weighted by molar-refractivity contribution is 7.89. The van der Waals surface area contributed by atoms with E-state index in [0.29, 0.717) is 6.42 Å². The fourth-order valence-electron chi connectivity index (χ4n) is 2.45. The van der Waals surface area contributed by atoms with Gasteiger partial charge in [-0.2, -0.15) is 12.7 Å². The predicted molar refractivity (Wildman–Crippen MR) is 105 cm³/mol. The highest BCUT2D eigenvalue weighted by Gasteiger charge is 2.28. The second-order valence-electron chi connectivity index (χ2n) is 6.19. The van der Waals surface area contributed by atoms with Gasteiger partial charge in [0, 0.05) is 12.6 Å². The molecule has 0 aliphatic heterocycles. The van der Waals surface area contributed by atoms with Gasteiger partial charge in [0.05, 0.1) is 10.6 Å². The van der Waals surface area contributed by atoms with Crippen LogP contribution in [-0.2, 0) is 26.7 Å². The lowest BCUT2D eigenvalue weighted by Gasteiger charge is -2.28. The minimum absolute atomic E-state index is 0.119. The maximum Gasteiger partial charge on any atom is 0.308 e. The second kappa shape index (κ2) is 8.86. The van der Waals surface area contributed by atoms with Crippen molar-refractivity contribution >= 4 is 20.1 Å². The first kappa shape index (κ1) is 21.4. The Morgan fingerprint density at radius 1 is 0.926 bits per heavy atom. The average Bonchev–Trinajstić information content (AvgIpc) is 2.67. The fraction of sp³-hybridized carbons (Fsp3) is 0.368. The molecule has 0 aromatic heterocycles. The lowest BCUT2D eigenvalue weighted by Crippen LogP contribution is -2.37. The first-order chi connectivity index (χ1) is 12.7. The molecule has 0 bridgehead atoms. The normalized spacial score (nSPS) is 13.5. The molecule has 0 amide bonds.